The van der Waals surface area contributed by atoms with Crippen LogP contribution < -0.4 is 4.90 Å². The maximum Gasteiger partial charge on any atom is 0.0577 e. The van der Waals surface area contributed by atoms with Gasteiger partial charge >= 0.3 is 0 Å². The highest BCUT2D eigenvalue weighted by atomic mass is 16.3. The molecule has 0 bridgehead atoms. The van der Waals surface area contributed by atoms with Gasteiger partial charge in [-0.05, 0) is 35.2 Å². The van der Waals surface area contributed by atoms with Gasteiger partial charge in [0.05, 0.1) is 6.10 Å². The van der Waals surface area contributed by atoms with E-state index in [0.717, 1.165) is 19.4 Å². The van der Waals surface area contributed by atoms with Crippen LogP contribution in [0, 0.1) is 0 Å². The van der Waals surface area contributed by atoms with Gasteiger partial charge in [0, 0.05) is 23.7 Å². The molecule has 104 valence electrons. The van der Waals surface area contributed by atoms with Crippen LogP contribution in [0.2, 0.25) is 0 Å². The summed E-state index contributed by atoms with van der Waals surface area (Å²) in [4.78, 5) is 2.52. The van der Waals surface area contributed by atoms with Gasteiger partial charge in [0.2, 0.25) is 0 Å². The molecule has 0 unspecified atom stereocenters. The van der Waals surface area contributed by atoms with Gasteiger partial charge in [-0.15, -0.1) is 0 Å². The molecule has 2 atom stereocenters. The lowest BCUT2D eigenvalue weighted by molar-refractivity contribution is 0.117. The summed E-state index contributed by atoms with van der Waals surface area (Å²) in [7, 11) is 0. The van der Waals surface area contributed by atoms with Crippen LogP contribution in [0.4, 0.5) is 5.69 Å². The van der Waals surface area contributed by atoms with Crippen molar-refractivity contribution in [2.75, 3.05) is 11.4 Å². The summed E-state index contributed by atoms with van der Waals surface area (Å²) in [6, 6.07) is 13.6. The molecule has 2 aliphatic rings. The van der Waals surface area contributed by atoms with Crippen molar-refractivity contribution in [2.24, 2.45) is 0 Å². The number of benzene rings is 2. The van der Waals surface area contributed by atoms with Crippen LogP contribution in [0.25, 0.3) is 10.8 Å². The van der Waals surface area contributed by atoms with E-state index >= 15 is 0 Å². The summed E-state index contributed by atoms with van der Waals surface area (Å²) < 4.78 is 0. The van der Waals surface area contributed by atoms with Gasteiger partial charge in [0.15, 0.2) is 0 Å². The second-order valence-corrected chi connectivity index (χ2v) is 6.79. The Kier molecular flexibility index (Phi) is 2.43. The number of anilines is 1. The van der Waals surface area contributed by atoms with Gasteiger partial charge in [-0.3, -0.25) is 0 Å². The number of aliphatic hydroxyl groups excluding tert-OH is 1. The number of aliphatic hydroxyl groups is 1. The predicted molar refractivity (Wildman–Crippen MR) is 83.3 cm³/mol. The Morgan fingerprint density at radius 3 is 2.80 bits per heavy atom. The largest absolute Gasteiger partial charge is 0.393 e. The Morgan fingerprint density at radius 1 is 1.15 bits per heavy atom. The minimum atomic E-state index is -0.142. The first-order valence-electron chi connectivity index (χ1n) is 7.56. The second kappa shape index (κ2) is 3.98. The molecule has 2 aliphatic heterocycles. The molecule has 2 aromatic carbocycles. The number of fused-ring (bicyclic) bond motifs is 5. The van der Waals surface area contributed by atoms with Crippen molar-refractivity contribution in [3.63, 3.8) is 0 Å². The SMILES string of the molecule is CC1(C)c2c(ccc3ccccc23)N2CC[C@H](O)C[C@@H]21. The zero-order chi connectivity index (χ0) is 13.9. The van der Waals surface area contributed by atoms with E-state index in [2.05, 4.69) is 55.1 Å². The molecule has 0 aliphatic carbocycles. The molecule has 2 heteroatoms. The molecule has 2 nitrogen and oxygen atoms in total. The molecule has 0 saturated carbocycles. The predicted octanol–water partition coefficient (Wildman–Crippen LogP) is 3.46. The van der Waals surface area contributed by atoms with Crippen LogP contribution in [0.3, 0.4) is 0 Å². The van der Waals surface area contributed by atoms with E-state index in [1.54, 1.807) is 0 Å². The van der Waals surface area contributed by atoms with Crippen molar-refractivity contribution in [3.8, 4) is 0 Å². The quantitative estimate of drug-likeness (QED) is 0.790. The van der Waals surface area contributed by atoms with Gasteiger partial charge in [-0.25, -0.2) is 0 Å². The molecule has 1 saturated heterocycles. The van der Waals surface area contributed by atoms with Gasteiger partial charge in [0.1, 0.15) is 0 Å². The molecule has 0 spiro atoms. The van der Waals surface area contributed by atoms with Crippen LogP contribution in [0.15, 0.2) is 36.4 Å². The minimum Gasteiger partial charge on any atom is -0.393 e. The highest BCUT2D eigenvalue weighted by Gasteiger charge is 2.47. The molecule has 2 aromatic rings. The van der Waals surface area contributed by atoms with E-state index in [0.29, 0.717) is 6.04 Å². The number of rotatable bonds is 0. The van der Waals surface area contributed by atoms with Crippen LogP contribution in [-0.4, -0.2) is 23.8 Å². The lowest BCUT2D eigenvalue weighted by atomic mass is 9.75. The Hall–Kier alpha value is -1.54. The molecular weight excluding hydrogens is 246 g/mol. The average molecular weight is 267 g/mol. The Morgan fingerprint density at radius 2 is 1.95 bits per heavy atom. The van der Waals surface area contributed by atoms with E-state index in [9.17, 15) is 5.11 Å². The summed E-state index contributed by atoms with van der Waals surface area (Å²) in [6.45, 7) is 5.64. The van der Waals surface area contributed by atoms with E-state index in [1.807, 2.05) is 0 Å². The van der Waals surface area contributed by atoms with Crippen molar-refractivity contribution in [2.45, 2.75) is 44.2 Å². The van der Waals surface area contributed by atoms with Crippen LogP contribution in [-0.2, 0) is 5.41 Å². The minimum absolute atomic E-state index is 0.0948. The van der Waals surface area contributed by atoms with E-state index < -0.39 is 0 Å². The molecule has 4 rings (SSSR count). The number of hydrogen-bond donors (Lipinski definition) is 1. The standard InChI is InChI=1S/C18H21NO/c1-18(2)16-11-13(20)9-10-19(16)15-8-7-12-5-3-4-6-14(12)17(15)18/h3-8,13,16,20H,9-11H2,1-2H3/t13-,16+/m0/s1. The number of hydrogen-bond acceptors (Lipinski definition) is 2. The first-order valence-corrected chi connectivity index (χ1v) is 7.56. The fourth-order valence-corrected chi connectivity index (χ4v) is 4.26. The van der Waals surface area contributed by atoms with E-state index in [4.69, 9.17) is 0 Å². The van der Waals surface area contributed by atoms with Crippen molar-refractivity contribution < 1.29 is 5.11 Å². The zero-order valence-corrected chi connectivity index (χ0v) is 12.1. The van der Waals surface area contributed by atoms with Crippen molar-refractivity contribution in [1.29, 1.82) is 0 Å². The molecule has 2 heterocycles. The van der Waals surface area contributed by atoms with Crippen LogP contribution >= 0.6 is 0 Å². The van der Waals surface area contributed by atoms with Gasteiger partial charge in [-0.2, -0.15) is 0 Å². The summed E-state index contributed by atoms with van der Waals surface area (Å²) in [6.07, 6.45) is 1.63. The van der Waals surface area contributed by atoms with Crippen molar-refractivity contribution in [3.05, 3.63) is 42.0 Å². The Bertz CT molecular complexity index is 676. The number of piperidine rings is 1. The normalized spacial score (nSPS) is 27.4. The summed E-state index contributed by atoms with van der Waals surface area (Å²) in [5.41, 5.74) is 2.94. The smallest absolute Gasteiger partial charge is 0.0577 e. The van der Waals surface area contributed by atoms with Gasteiger partial charge < -0.3 is 10.0 Å². The average Bonchev–Trinajstić information content (AvgIpc) is 2.67. The highest BCUT2D eigenvalue weighted by Crippen LogP contribution is 2.51. The third-order valence-electron chi connectivity index (χ3n) is 5.27. The Labute approximate surface area is 120 Å². The highest BCUT2D eigenvalue weighted by molar-refractivity contribution is 5.93. The topological polar surface area (TPSA) is 23.5 Å². The fraction of sp³-hybridized carbons (Fsp3) is 0.444. The first-order chi connectivity index (χ1) is 9.59. The lowest BCUT2D eigenvalue weighted by Crippen LogP contribution is -2.48. The molecule has 0 aromatic heterocycles. The first kappa shape index (κ1) is 12.2. The summed E-state index contributed by atoms with van der Waals surface area (Å²) in [5.74, 6) is 0. The molecule has 1 N–H and O–H groups in total. The second-order valence-electron chi connectivity index (χ2n) is 6.79. The maximum atomic E-state index is 10.1. The molecule has 20 heavy (non-hydrogen) atoms. The fourth-order valence-electron chi connectivity index (χ4n) is 4.26. The molecule has 0 radical (unpaired) electrons. The van der Waals surface area contributed by atoms with Crippen molar-refractivity contribution >= 4 is 16.5 Å². The summed E-state index contributed by atoms with van der Waals surface area (Å²) >= 11 is 0. The number of nitrogens with zero attached hydrogens (tertiary/aromatic N) is 1. The monoisotopic (exact) mass is 267 g/mol. The van der Waals surface area contributed by atoms with E-state index in [-0.39, 0.29) is 11.5 Å². The molecule has 0 amide bonds. The van der Waals surface area contributed by atoms with E-state index in [1.165, 1.54) is 22.0 Å². The third-order valence-corrected chi connectivity index (χ3v) is 5.27. The zero-order valence-electron chi connectivity index (χ0n) is 12.1. The van der Waals surface area contributed by atoms with Crippen molar-refractivity contribution in [1.82, 2.24) is 0 Å². The summed E-state index contributed by atoms with van der Waals surface area (Å²) in [5, 5.41) is 12.7. The molecule has 1 fully saturated rings. The lowest BCUT2D eigenvalue weighted by Gasteiger charge is -2.40. The maximum absolute atomic E-state index is 10.1. The Balaban J connectivity index is 1.98. The van der Waals surface area contributed by atoms with Crippen LogP contribution in [0.1, 0.15) is 32.3 Å². The van der Waals surface area contributed by atoms with Gasteiger partial charge in [0.25, 0.3) is 0 Å². The van der Waals surface area contributed by atoms with Crippen LogP contribution in [0.5, 0.6) is 0 Å². The third kappa shape index (κ3) is 1.49. The van der Waals surface area contributed by atoms with Gasteiger partial charge in [-0.1, -0.05) is 44.2 Å². The molecular formula is C18H21NO.